The van der Waals surface area contributed by atoms with Gasteiger partial charge in [-0.25, -0.2) is 9.59 Å². The molecule has 0 atom stereocenters. The Hall–Kier alpha value is -2.93. The first kappa shape index (κ1) is 18.8. The lowest BCUT2D eigenvalue weighted by Gasteiger charge is -2.30. The normalized spacial score (nSPS) is 15.6. The molecule has 0 bridgehead atoms. The number of ether oxygens (including phenoxy) is 3. The molecule has 1 aliphatic rings. The number of esters is 2. The Kier molecular flexibility index (Phi) is 5.41. The summed E-state index contributed by atoms with van der Waals surface area (Å²) in [5, 5.41) is 3.42. The second kappa shape index (κ2) is 7.75. The number of nitrogens with one attached hydrogen (secondary N) is 1. The van der Waals surface area contributed by atoms with E-state index >= 15 is 0 Å². The molecule has 1 heterocycles. The first-order valence-electron chi connectivity index (χ1n) is 8.23. The Balaban J connectivity index is 1.91. The van der Waals surface area contributed by atoms with Crippen LogP contribution < -0.4 is 10.1 Å². The fourth-order valence-electron chi connectivity index (χ4n) is 2.45. The first-order valence-corrected chi connectivity index (χ1v) is 9.46. The van der Waals surface area contributed by atoms with Gasteiger partial charge in [-0.2, -0.15) is 0 Å². The summed E-state index contributed by atoms with van der Waals surface area (Å²) in [7, 11) is 0. The molecule has 1 saturated heterocycles. The van der Waals surface area contributed by atoms with Gasteiger partial charge >= 0.3 is 11.9 Å². The van der Waals surface area contributed by atoms with Crippen LogP contribution in [0.2, 0.25) is 0 Å². The van der Waals surface area contributed by atoms with E-state index in [1.165, 1.54) is 25.6 Å². The maximum atomic E-state index is 12.3. The van der Waals surface area contributed by atoms with E-state index in [2.05, 4.69) is 5.32 Å². The van der Waals surface area contributed by atoms with Crippen LogP contribution in [0.15, 0.2) is 65.2 Å². The zero-order valence-corrected chi connectivity index (χ0v) is 16.0. The van der Waals surface area contributed by atoms with E-state index in [9.17, 15) is 9.59 Å². The lowest BCUT2D eigenvalue weighted by Crippen LogP contribution is -2.42. The molecule has 7 heteroatoms. The lowest BCUT2D eigenvalue weighted by molar-refractivity contribution is -0.222. The van der Waals surface area contributed by atoms with Crippen molar-refractivity contribution in [3.8, 4) is 11.5 Å². The van der Waals surface area contributed by atoms with Gasteiger partial charge in [-0.3, -0.25) is 0 Å². The molecule has 0 unspecified atom stereocenters. The van der Waals surface area contributed by atoms with Gasteiger partial charge in [0.1, 0.15) is 5.75 Å². The van der Waals surface area contributed by atoms with Crippen LogP contribution in [-0.4, -0.2) is 24.0 Å². The van der Waals surface area contributed by atoms with E-state index in [-0.39, 0.29) is 5.57 Å². The van der Waals surface area contributed by atoms with Crippen molar-refractivity contribution in [2.75, 3.05) is 11.6 Å². The van der Waals surface area contributed by atoms with Crippen molar-refractivity contribution in [1.82, 2.24) is 0 Å². The summed E-state index contributed by atoms with van der Waals surface area (Å²) in [6, 6.07) is 16.6. The summed E-state index contributed by atoms with van der Waals surface area (Å²) < 4.78 is 16.3. The highest BCUT2D eigenvalue weighted by atomic mass is 32.2. The molecule has 0 saturated carbocycles. The molecule has 2 aromatic rings. The monoisotopic (exact) mass is 385 g/mol. The maximum Gasteiger partial charge on any atom is 0.351 e. The summed E-state index contributed by atoms with van der Waals surface area (Å²) in [6.07, 6.45) is 1.75. The minimum absolute atomic E-state index is 0.170. The van der Waals surface area contributed by atoms with Crippen LogP contribution >= 0.6 is 11.8 Å². The van der Waals surface area contributed by atoms with Gasteiger partial charge < -0.3 is 19.5 Å². The predicted octanol–water partition coefficient (Wildman–Crippen LogP) is 4.30. The van der Waals surface area contributed by atoms with E-state index in [0.29, 0.717) is 22.2 Å². The molecule has 0 amide bonds. The highest BCUT2D eigenvalue weighted by Crippen LogP contribution is 2.34. The lowest BCUT2D eigenvalue weighted by atomic mass is 10.2. The number of carbonyl (C=O) groups excluding carboxylic acids is 2. The Morgan fingerprint density at radius 1 is 0.963 bits per heavy atom. The zero-order chi connectivity index (χ0) is 19.4. The van der Waals surface area contributed by atoms with Gasteiger partial charge in [-0.15, -0.1) is 11.8 Å². The number of hydrogen-bond acceptors (Lipinski definition) is 7. The van der Waals surface area contributed by atoms with Crippen molar-refractivity contribution < 1.29 is 23.8 Å². The number of hydrogen-bond donors (Lipinski definition) is 1. The molecule has 0 spiro atoms. The Bertz CT molecular complexity index is 870. The predicted molar refractivity (Wildman–Crippen MR) is 103 cm³/mol. The Labute approximate surface area is 161 Å². The van der Waals surface area contributed by atoms with Crippen molar-refractivity contribution >= 4 is 29.4 Å². The van der Waals surface area contributed by atoms with Crippen molar-refractivity contribution in [3.05, 3.63) is 65.2 Å². The summed E-state index contributed by atoms with van der Waals surface area (Å²) in [6.45, 7) is 3.02. The van der Waals surface area contributed by atoms with E-state index in [1.807, 2.05) is 42.5 Å². The van der Waals surface area contributed by atoms with Gasteiger partial charge in [0.25, 0.3) is 5.79 Å². The van der Waals surface area contributed by atoms with E-state index in [0.717, 1.165) is 0 Å². The van der Waals surface area contributed by atoms with E-state index in [4.69, 9.17) is 14.2 Å². The average molecular weight is 385 g/mol. The maximum absolute atomic E-state index is 12.3. The highest BCUT2D eigenvalue weighted by Gasteiger charge is 2.41. The molecule has 1 fully saturated rings. The van der Waals surface area contributed by atoms with Crippen LogP contribution in [0, 0.1) is 0 Å². The summed E-state index contributed by atoms with van der Waals surface area (Å²) in [4.78, 5) is 24.6. The third-order valence-corrected chi connectivity index (χ3v) is 4.34. The van der Waals surface area contributed by atoms with Crippen LogP contribution in [0.4, 0.5) is 5.69 Å². The van der Waals surface area contributed by atoms with Crippen LogP contribution in [0.25, 0.3) is 0 Å². The standard InChI is InChI=1S/C20H19NO5S/c1-20(2)25-18(22)16(19(23)26-20)17(27-3)21-14-11-7-8-12-15(14)24-13-9-5-4-6-10-13/h4-12,21H,1-3H3. The topological polar surface area (TPSA) is 73.9 Å². The number of para-hydroxylation sites is 3. The molecule has 3 rings (SSSR count). The zero-order valence-electron chi connectivity index (χ0n) is 15.1. The largest absolute Gasteiger partial charge is 0.455 e. The minimum atomic E-state index is -1.28. The second-order valence-electron chi connectivity index (χ2n) is 6.12. The second-order valence-corrected chi connectivity index (χ2v) is 6.94. The molecule has 0 aromatic heterocycles. The van der Waals surface area contributed by atoms with Crippen molar-refractivity contribution in [1.29, 1.82) is 0 Å². The molecular formula is C20H19NO5S. The van der Waals surface area contributed by atoms with Gasteiger partial charge in [0.05, 0.1) is 10.7 Å². The van der Waals surface area contributed by atoms with Crippen LogP contribution in [-0.2, 0) is 19.1 Å². The number of anilines is 1. The van der Waals surface area contributed by atoms with Crippen LogP contribution in [0.3, 0.4) is 0 Å². The van der Waals surface area contributed by atoms with Gasteiger partial charge in [0.15, 0.2) is 11.3 Å². The van der Waals surface area contributed by atoms with Crippen molar-refractivity contribution in [2.24, 2.45) is 0 Å². The average Bonchev–Trinajstić information content (AvgIpc) is 2.61. The van der Waals surface area contributed by atoms with Crippen molar-refractivity contribution in [2.45, 2.75) is 19.6 Å². The number of carbonyl (C=O) groups is 2. The fourth-order valence-corrected chi connectivity index (χ4v) is 3.03. The number of thioether (sulfide) groups is 1. The van der Waals surface area contributed by atoms with Crippen LogP contribution in [0.1, 0.15) is 13.8 Å². The summed E-state index contributed by atoms with van der Waals surface area (Å²) in [5.41, 5.74) is 0.431. The molecule has 6 nitrogen and oxygen atoms in total. The Morgan fingerprint density at radius 2 is 1.56 bits per heavy atom. The fraction of sp³-hybridized carbons (Fsp3) is 0.200. The molecule has 2 aromatic carbocycles. The van der Waals surface area contributed by atoms with Gasteiger partial charge in [0.2, 0.25) is 0 Å². The highest BCUT2D eigenvalue weighted by molar-refractivity contribution is 8.02. The van der Waals surface area contributed by atoms with Crippen molar-refractivity contribution in [3.63, 3.8) is 0 Å². The Morgan fingerprint density at radius 3 is 2.19 bits per heavy atom. The van der Waals surface area contributed by atoms with Crippen LogP contribution in [0.5, 0.6) is 11.5 Å². The quantitative estimate of drug-likeness (QED) is 0.467. The number of benzene rings is 2. The summed E-state index contributed by atoms with van der Waals surface area (Å²) >= 11 is 1.21. The van der Waals surface area contributed by atoms with Gasteiger partial charge in [-0.1, -0.05) is 30.3 Å². The SMILES string of the molecule is CSC(Nc1ccccc1Oc1ccccc1)=C1C(=O)OC(C)(C)OC1=O. The molecule has 0 radical (unpaired) electrons. The van der Waals surface area contributed by atoms with Gasteiger partial charge in [-0.05, 0) is 30.5 Å². The van der Waals surface area contributed by atoms with Gasteiger partial charge in [0, 0.05) is 13.8 Å². The third kappa shape index (κ3) is 4.43. The number of cyclic esters (lactones) is 2. The third-order valence-electron chi connectivity index (χ3n) is 3.62. The van der Waals surface area contributed by atoms with E-state index in [1.54, 1.807) is 18.4 Å². The molecule has 140 valence electrons. The number of rotatable bonds is 5. The molecular weight excluding hydrogens is 366 g/mol. The molecule has 1 aliphatic heterocycles. The molecule has 1 N–H and O–H groups in total. The molecule has 0 aliphatic carbocycles. The minimum Gasteiger partial charge on any atom is -0.455 e. The first-order chi connectivity index (χ1) is 12.9. The summed E-state index contributed by atoms with van der Waals surface area (Å²) in [5.74, 6) is -1.52. The molecule has 27 heavy (non-hydrogen) atoms. The smallest absolute Gasteiger partial charge is 0.351 e. The van der Waals surface area contributed by atoms with E-state index < -0.39 is 17.7 Å².